The molecule has 0 radical (unpaired) electrons. The van der Waals surface area contributed by atoms with Crippen LogP contribution < -0.4 is 11.7 Å². The van der Waals surface area contributed by atoms with Gasteiger partial charge in [-0.25, -0.2) is 40.9 Å². The molecule has 0 aromatic heterocycles. The Morgan fingerprint density at radius 2 is 1.00 bits per heavy atom. The summed E-state index contributed by atoms with van der Waals surface area (Å²) >= 11 is 0. The van der Waals surface area contributed by atoms with Crippen LogP contribution in [0.1, 0.15) is 27.7 Å². The minimum Gasteiger partial charge on any atom is -0.366 e. The molecule has 0 bridgehead atoms. The van der Waals surface area contributed by atoms with Gasteiger partial charge in [-0.15, -0.1) is 0 Å². The summed E-state index contributed by atoms with van der Waals surface area (Å²) in [5, 5.41) is 1.19. The molecule has 10 heteroatoms. The average Bonchev–Trinajstić information content (AvgIpc) is 2.35. The van der Waals surface area contributed by atoms with E-state index in [9.17, 15) is 19.2 Å². The Labute approximate surface area is 115 Å². The predicted octanol–water partition coefficient (Wildman–Crippen LogP) is -0.519. The van der Waals surface area contributed by atoms with Gasteiger partial charge >= 0.3 is 24.1 Å². The molecule has 0 heterocycles. The lowest BCUT2D eigenvalue weighted by atomic mass is 10.4. The maximum atomic E-state index is 11.3. The van der Waals surface area contributed by atoms with Crippen LogP contribution in [0.15, 0.2) is 0 Å². The quantitative estimate of drug-likeness (QED) is 0.172. The van der Waals surface area contributed by atoms with Gasteiger partial charge < -0.3 is 9.47 Å². The number of ether oxygens (including phenoxy) is 2. The first-order valence-corrected chi connectivity index (χ1v) is 5.67. The highest BCUT2D eigenvalue weighted by Crippen LogP contribution is 1.99. The second-order valence-electron chi connectivity index (χ2n) is 4.31. The van der Waals surface area contributed by atoms with Crippen LogP contribution in [0.25, 0.3) is 0 Å². The molecule has 10 nitrogen and oxygen atoms in total. The standard InChI is InChI=1S/C10H18N4O6/c1-5(2)13(11)9(17)19-7(15)8(16)20-10(18)14(12)6(3)4/h5-6H,11-12H2,1-4H3. The fraction of sp³-hybridized carbons (Fsp3) is 0.600. The van der Waals surface area contributed by atoms with Gasteiger partial charge in [-0.05, 0) is 27.7 Å². The normalized spacial score (nSPS) is 10.2. The lowest BCUT2D eigenvalue weighted by Gasteiger charge is -2.20. The molecular formula is C10H18N4O6. The van der Waals surface area contributed by atoms with Crippen molar-refractivity contribution in [3.8, 4) is 0 Å². The number of rotatable bonds is 2. The van der Waals surface area contributed by atoms with E-state index in [4.69, 9.17) is 11.7 Å². The first-order valence-electron chi connectivity index (χ1n) is 5.67. The number of amides is 2. The van der Waals surface area contributed by atoms with Gasteiger partial charge in [0.1, 0.15) is 0 Å². The molecule has 0 saturated carbocycles. The lowest BCUT2D eigenvalue weighted by molar-refractivity contribution is -0.161. The zero-order chi connectivity index (χ0) is 16.0. The zero-order valence-electron chi connectivity index (χ0n) is 11.7. The highest BCUT2D eigenvalue weighted by atomic mass is 16.7. The number of hydrogen-bond donors (Lipinski definition) is 2. The topological polar surface area (TPSA) is 145 Å². The number of hydrazine groups is 2. The average molecular weight is 290 g/mol. The van der Waals surface area contributed by atoms with E-state index < -0.39 is 36.2 Å². The fourth-order valence-electron chi connectivity index (χ4n) is 0.769. The Kier molecular flexibility index (Phi) is 6.59. The molecular weight excluding hydrogens is 272 g/mol. The van der Waals surface area contributed by atoms with Crippen LogP contribution in [0.5, 0.6) is 0 Å². The number of carbonyl (C=O) groups is 4. The van der Waals surface area contributed by atoms with Gasteiger partial charge in [0, 0.05) is 12.1 Å². The van der Waals surface area contributed by atoms with E-state index in [1.165, 1.54) is 0 Å². The van der Waals surface area contributed by atoms with Crippen LogP contribution in [0, 0.1) is 0 Å². The van der Waals surface area contributed by atoms with E-state index in [-0.39, 0.29) is 0 Å². The third-order valence-electron chi connectivity index (χ3n) is 2.06. The van der Waals surface area contributed by atoms with E-state index in [1.807, 2.05) is 0 Å². The zero-order valence-corrected chi connectivity index (χ0v) is 11.7. The molecule has 0 atom stereocenters. The fourth-order valence-corrected chi connectivity index (χ4v) is 0.769. The summed E-state index contributed by atoms with van der Waals surface area (Å²) in [6.07, 6.45) is -2.49. The van der Waals surface area contributed by atoms with Crippen molar-refractivity contribution in [2.45, 2.75) is 39.8 Å². The van der Waals surface area contributed by atoms with Crippen LogP contribution in [0.3, 0.4) is 0 Å². The molecule has 114 valence electrons. The molecule has 20 heavy (non-hydrogen) atoms. The molecule has 0 saturated heterocycles. The molecule has 0 aliphatic heterocycles. The van der Waals surface area contributed by atoms with Crippen LogP contribution in [0.2, 0.25) is 0 Å². The highest BCUT2D eigenvalue weighted by Gasteiger charge is 2.28. The molecule has 2 amide bonds. The summed E-state index contributed by atoms with van der Waals surface area (Å²) < 4.78 is 8.23. The number of carbonyl (C=O) groups excluding carboxylic acids is 4. The number of hydrogen-bond acceptors (Lipinski definition) is 8. The molecule has 0 aromatic carbocycles. The van der Waals surface area contributed by atoms with Gasteiger partial charge in [0.25, 0.3) is 0 Å². The first kappa shape index (κ1) is 17.8. The number of nitrogens with two attached hydrogens (primary N) is 2. The Morgan fingerprint density at radius 1 is 0.750 bits per heavy atom. The number of nitrogens with zero attached hydrogens (tertiary/aromatic N) is 2. The maximum absolute atomic E-state index is 11.3. The van der Waals surface area contributed by atoms with Crippen LogP contribution in [-0.2, 0) is 19.1 Å². The summed E-state index contributed by atoms with van der Waals surface area (Å²) in [4.78, 5) is 44.9. The Hall–Kier alpha value is -2.20. The second kappa shape index (κ2) is 7.40. The van der Waals surface area contributed by atoms with E-state index >= 15 is 0 Å². The smallest absolute Gasteiger partial charge is 0.366 e. The molecule has 0 unspecified atom stereocenters. The van der Waals surface area contributed by atoms with Crippen molar-refractivity contribution >= 4 is 24.1 Å². The number of esters is 2. The van der Waals surface area contributed by atoms with E-state index in [0.29, 0.717) is 10.0 Å². The summed E-state index contributed by atoms with van der Waals surface area (Å²) in [5.74, 6) is 7.17. The minimum absolute atomic E-state index is 0.451. The minimum atomic E-state index is -1.67. The van der Waals surface area contributed by atoms with Gasteiger partial charge in [-0.2, -0.15) is 0 Å². The van der Waals surface area contributed by atoms with Crippen molar-refractivity contribution in [3.05, 3.63) is 0 Å². The van der Waals surface area contributed by atoms with E-state index in [0.717, 1.165) is 0 Å². The van der Waals surface area contributed by atoms with E-state index in [1.54, 1.807) is 27.7 Å². The van der Waals surface area contributed by atoms with Crippen molar-refractivity contribution in [2.24, 2.45) is 11.7 Å². The van der Waals surface area contributed by atoms with Crippen molar-refractivity contribution in [2.75, 3.05) is 0 Å². The Morgan fingerprint density at radius 3 is 1.20 bits per heavy atom. The van der Waals surface area contributed by atoms with Crippen molar-refractivity contribution in [1.82, 2.24) is 10.0 Å². The maximum Gasteiger partial charge on any atom is 0.432 e. The predicted molar refractivity (Wildman–Crippen MR) is 65.3 cm³/mol. The first-order chi connectivity index (χ1) is 9.07. The molecule has 0 rings (SSSR count). The summed E-state index contributed by atoms with van der Waals surface area (Å²) in [7, 11) is 0. The van der Waals surface area contributed by atoms with Crippen LogP contribution >= 0.6 is 0 Å². The van der Waals surface area contributed by atoms with Gasteiger partial charge in [0.15, 0.2) is 0 Å². The second-order valence-corrected chi connectivity index (χ2v) is 4.31. The SMILES string of the molecule is CC(C)N(N)C(=O)OC(=O)C(=O)OC(=O)N(N)C(C)C. The molecule has 0 fully saturated rings. The lowest BCUT2D eigenvalue weighted by Crippen LogP contribution is -2.46. The van der Waals surface area contributed by atoms with E-state index in [2.05, 4.69) is 9.47 Å². The summed E-state index contributed by atoms with van der Waals surface area (Å²) in [6.45, 7) is 6.23. The van der Waals surface area contributed by atoms with Gasteiger partial charge in [-0.3, -0.25) is 0 Å². The molecule has 0 aliphatic carbocycles. The van der Waals surface area contributed by atoms with Crippen molar-refractivity contribution in [3.63, 3.8) is 0 Å². The van der Waals surface area contributed by atoms with Crippen LogP contribution in [-0.4, -0.2) is 46.2 Å². The summed E-state index contributed by atoms with van der Waals surface area (Å²) in [5.41, 5.74) is 0. The van der Waals surface area contributed by atoms with Gasteiger partial charge in [0.05, 0.1) is 0 Å². The highest BCUT2D eigenvalue weighted by molar-refractivity contribution is 6.33. The Bertz CT molecular complexity index is 371. The van der Waals surface area contributed by atoms with Crippen molar-refractivity contribution < 1.29 is 28.7 Å². The molecule has 4 N–H and O–H groups in total. The van der Waals surface area contributed by atoms with Crippen LogP contribution in [0.4, 0.5) is 9.59 Å². The summed E-state index contributed by atoms with van der Waals surface area (Å²) in [6, 6.07) is -0.901. The van der Waals surface area contributed by atoms with Gasteiger partial charge in [-0.1, -0.05) is 0 Å². The van der Waals surface area contributed by atoms with Crippen molar-refractivity contribution in [1.29, 1.82) is 0 Å². The Balaban J connectivity index is 4.47. The third kappa shape index (κ3) is 5.20. The van der Waals surface area contributed by atoms with Gasteiger partial charge in [0.2, 0.25) is 0 Å². The largest absolute Gasteiger partial charge is 0.432 e. The molecule has 0 aliphatic rings. The molecule has 0 aromatic rings. The third-order valence-corrected chi connectivity index (χ3v) is 2.06. The monoisotopic (exact) mass is 290 g/mol. The molecule has 0 spiro atoms.